The van der Waals surface area contributed by atoms with Crippen LogP contribution in [0.4, 0.5) is 0 Å². The maximum atomic E-state index is 13.0. The summed E-state index contributed by atoms with van der Waals surface area (Å²) in [6.45, 7) is 2.22. The van der Waals surface area contributed by atoms with Gasteiger partial charge in [0.2, 0.25) is 0 Å². The zero-order valence-electron chi connectivity index (χ0n) is 66.0. The van der Waals surface area contributed by atoms with Crippen LogP contribution in [0.5, 0.6) is 0 Å². The van der Waals surface area contributed by atoms with E-state index in [9.17, 15) is 43.5 Å². The van der Waals surface area contributed by atoms with Crippen LogP contribution in [0.1, 0.15) is 278 Å². The van der Waals surface area contributed by atoms with Crippen molar-refractivity contribution in [3.63, 3.8) is 0 Å². The highest BCUT2D eigenvalue weighted by Crippen LogP contribution is 2.45. The number of esters is 3. The Labute approximate surface area is 648 Å². The second kappa shape index (κ2) is 79.7. The monoisotopic (exact) mass is 1530 g/mol. The van der Waals surface area contributed by atoms with Crippen LogP contribution in [0.2, 0.25) is 0 Å². The first kappa shape index (κ1) is 101. The Morgan fingerprint density at radius 3 is 0.766 bits per heavy atom. The average molecular weight is 1530 g/mol. The van der Waals surface area contributed by atoms with E-state index in [1.807, 2.05) is 0 Å². The number of carbonyl (C=O) groups excluding carboxylic acids is 3. The molecule has 16 nitrogen and oxygen atoms in total. The predicted octanol–water partition coefficient (Wildman–Crippen LogP) is 24.1. The zero-order valence-corrected chi connectivity index (χ0v) is 67.8. The van der Waals surface area contributed by atoms with Gasteiger partial charge in [0.25, 0.3) is 0 Å². The summed E-state index contributed by atoms with van der Waals surface area (Å²) in [5.74, 6) is -1.68. The second-order valence-electron chi connectivity index (χ2n) is 26.1. The molecule has 0 fully saturated rings. The van der Waals surface area contributed by atoms with Crippen molar-refractivity contribution in [2.45, 2.75) is 296 Å². The lowest BCUT2D eigenvalue weighted by Gasteiger charge is -2.21. The van der Waals surface area contributed by atoms with E-state index in [4.69, 9.17) is 32.3 Å². The van der Waals surface area contributed by atoms with E-state index in [1.54, 1.807) is 0 Å². The highest BCUT2D eigenvalue weighted by molar-refractivity contribution is 7.47. The van der Waals surface area contributed by atoms with Gasteiger partial charge in [-0.05, 0) is 167 Å². The second-order valence-corrected chi connectivity index (χ2v) is 29.0. The Morgan fingerprint density at radius 1 is 0.262 bits per heavy atom. The van der Waals surface area contributed by atoms with Gasteiger partial charge < -0.3 is 34.2 Å². The van der Waals surface area contributed by atoms with Gasteiger partial charge in [0.15, 0.2) is 6.10 Å². The van der Waals surface area contributed by atoms with Crippen molar-refractivity contribution in [3.05, 3.63) is 207 Å². The molecule has 0 heterocycles. The average Bonchev–Trinajstić information content (AvgIpc) is 0.906. The van der Waals surface area contributed by atoms with Gasteiger partial charge in [0, 0.05) is 19.3 Å². The summed E-state index contributed by atoms with van der Waals surface area (Å²) in [6, 6.07) is 0. The quantitative estimate of drug-likeness (QED) is 0.0146. The summed E-state index contributed by atoms with van der Waals surface area (Å²) in [5.41, 5.74) is 0. The summed E-state index contributed by atoms with van der Waals surface area (Å²) in [6.07, 6.45) is 106. The smallest absolute Gasteiger partial charge is 0.463 e. The molecule has 0 spiro atoms. The minimum atomic E-state index is -4.96. The molecular weight excluding hydrogens is 1390 g/mol. The van der Waals surface area contributed by atoms with E-state index in [1.165, 1.54) is 51.4 Å². The molecule has 0 aromatic carbocycles. The molecule has 0 rings (SSSR count). The maximum absolute atomic E-state index is 13.0. The van der Waals surface area contributed by atoms with Gasteiger partial charge in [0.1, 0.15) is 25.4 Å². The number of aliphatic hydroxyl groups excluding tert-OH is 2. The van der Waals surface area contributed by atoms with Crippen molar-refractivity contribution >= 4 is 33.6 Å². The van der Waals surface area contributed by atoms with Crippen molar-refractivity contribution in [2.24, 2.45) is 0 Å². The third-order valence-corrected chi connectivity index (χ3v) is 17.9. The maximum Gasteiger partial charge on any atom is 0.472 e. The Morgan fingerprint density at radius 2 is 0.467 bits per heavy atom. The van der Waals surface area contributed by atoms with E-state index in [-0.39, 0.29) is 19.3 Å². The molecule has 0 aliphatic rings. The fourth-order valence-electron chi connectivity index (χ4n) is 9.96. The van der Waals surface area contributed by atoms with E-state index in [2.05, 4.69) is 227 Å². The summed E-state index contributed by atoms with van der Waals surface area (Å²) >= 11 is 0. The first-order valence-corrected chi connectivity index (χ1v) is 43.4. The van der Waals surface area contributed by atoms with Crippen LogP contribution in [-0.2, 0) is 55.8 Å². The minimum absolute atomic E-state index is 0.0469. The molecule has 604 valence electrons. The van der Waals surface area contributed by atoms with Crippen molar-refractivity contribution in [1.82, 2.24) is 0 Å². The first-order valence-electron chi connectivity index (χ1n) is 40.4. The number of unbranched alkanes of at least 4 members (excludes halogenated alkanes) is 17. The molecule has 0 aliphatic heterocycles. The topological polar surface area (TPSA) is 231 Å². The molecule has 0 saturated heterocycles. The summed E-state index contributed by atoms with van der Waals surface area (Å²) in [4.78, 5) is 58.7. The van der Waals surface area contributed by atoms with Crippen LogP contribution in [0.25, 0.3) is 0 Å². The Hall–Kier alpha value is -5.87. The van der Waals surface area contributed by atoms with Crippen LogP contribution >= 0.6 is 15.6 Å². The van der Waals surface area contributed by atoms with Gasteiger partial charge in [0.05, 0.1) is 26.4 Å². The standard InChI is InChI=1S/C89H142O16P2/c1-4-7-10-13-16-19-22-25-28-31-34-36-37-38-39-40-41-42-43-44-45-47-50-51-54-57-60-63-66-69-72-75-87(92)99-78-84(90)79-101-106(95,96)102-80-85(91)81-103-107(97,98)104-83-86(105-89(94)77-74-71-68-65-62-59-56-53-48-33-30-27-24-21-18-15-12-9-6-3)82-100-88(93)76-73-70-67-64-61-58-55-52-49-46-35-32-29-26-23-20-17-14-11-8-5-2/h7-12,16-21,25-30,34-36,38-39,41-42,46,48,52-53,55,59,61-62,64,84-86,90-91H,4-6,13-15,22-24,31-33,37,40,43-45,47,49-51,54,56-58,60,63,65-83H2,1-3H3,(H,95,96)(H,97,98)/b10-7-,11-8-,12-9-,19-16-,20-17-,21-18-,28-25-,29-26-,30-27-,36-34-,39-38-,42-41-,46-35-,53-48-,55-52-,62-59-,64-61-. The third kappa shape index (κ3) is 81.0. The Balaban J connectivity index is 4.65. The molecule has 0 aromatic heterocycles. The van der Waals surface area contributed by atoms with Gasteiger partial charge in [-0.1, -0.05) is 298 Å². The molecule has 107 heavy (non-hydrogen) atoms. The lowest BCUT2D eigenvalue weighted by molar-refractivity contribution is -0.161. The predicted molar refractivity (Wildman–Crippen MR) is 444 cm³/mol. The SMILES string of the molecule is CC/C=C\C/C=C\C/C=C\C/C=C\C/C=C\C/C=C\CCCCCCCCCCCCCCC(=O)OCC(O)COP(=O)(O)OCC(O)COP(=O)(O)OCC(COC(=O)CCCC/C=C\C/C=C\C/C=C\C/C=C\C/C=C\C/C=C\CC)OC(=O)CCCCC/C=C\C/C=C\C/C=C\C/C=C\C/C=C\CC. The van der Waals surface area contributed by atoms with Crippen molar-refractivity contribution < 1.29 is 75.8 Å². The van der Waals surface area contributed by atoms with Gasteiger partial charge in [-0.15, -0.1) is 0 Å². The third-order valence-electron chi connectivity index (χ3n) is 16.0. The van der Waals surface area contributed by atoms with Gasteiger partial charge in [-0.25, -0.2) is 9.13 Å². The zero-order chi connectivity index (χ0) is 78.0. The lowest BCUT2D eigenvalue weighted by atomic mass is 10.0. The van der Waals surface area contributed by atoms with Gasteiger partial charge in [-0.3, -0.25) is 32.5 Å². The van der Waals surface area contributed by atoms with Gasteiger partial charge in [-0.2, -0.15) is 0 Å². The van der Waals surface area contributed by atoms with E-state index >= 15 is 0 Å². The normalized spacial score (nSPS) is 15.0. The highest BCUT2D eigenvalue weighted by atomic mass is 31.2. The minimum Gasteiger partial charge on any atom is -0.463 e. The molecule has 0 saturated carbocycles. The van der Waals surface area contributed by atoms with Crippen LogP contribution in [0.15, 0.2) is 207 Å². The summed E-state index contributed by atoms with van der Waals surface area (Å²) in [7, 11) is -9.84. The largest absolute Gasteiger partial charge is 0.472 e. The summed E-state index contributed by atoms with van der Waals surface area (Å²) in [5, 5.41) is 20.7. The number of allylic oxidation sites excluding steroid dienone is 34. The molecule has 0 bridgehead atoms. The van der Waals surface area contributed by atoms with Crippen molar-refractivity contribution in [3.8, 4) is 0 Å². The first-order chi connectivity index (χ1) is 52.2. The summed E-state index contributed by atoms with van der Waals surface area (Å²) < 4.78 is 61.1. The van der Waals surface area contributed by atoms with Crippen LogP contribution in [-0.4, -0.2) is 95.9 Å². The number of aliphatic hydroxyl groups is 2. The number of phosphoric ester groups is 2. The molecule has 0 aromatic rings. The highest BCUT2D eigenvalue weighted by Gasteiger charge is 2.29. The molecule has 0 aliphatic carbocycles. The number of hydrogen-bond acceptors (Lipinski definition) is 14. The van der Waals surface area contributed by atoms with Crippen LogP contribution in [0, 0.1) is 0 Å². The number of phosphoric acid groups is 2. The number of ether oxygens (including phenoxy) is 3. The van der Waals surface area contributed by atoms with Crippen LogP contribution < -0.4 is 0 Å². The molecule has 0 radical (unpaired) electrons. The molecule has 4 N–H and O–H groups in total. The molecule has 0 amide bonds. The molecule has 5 unspecified atom stereocenters. The molecule has 5 atom stereocenters. The Bertz CT molecular complexity index is 2770. The van der Waals surface area contributed by atoms with Gasteiger partial charge >= 0.3 is 33.6 Å². The molecular formula is C89H142O16P2. The van der Waals surface area contributed by atoms with Crippen molar-refractivity contribution in [1.29, 1.82) is 0 Å². The van der Waals surface area contributed by atoms with E-state index in [0.29, 0.717) is 19.3 Å². The van der Waals surface area contributed by atoms with Crippen molar-refractivity contribution in [2.75, 3.05) is 39.6 Å². The lowest BCUT2D eigenvalue weighted by Crippen LogP contribution is -2.30. The fraction of sp³-hybridized carbons (Fsp3) is 0.584. The van der Waals surface area contributed by atoms with Crippen LogP contribution in [0.3, 0.4) is 0 Å². The number of rotatable bonds is 74. The molecule has 18 heteroatoms. The van der Waals surface area contributed by atoms with E-state index in [0.717, 1.165) is 167 Å². The fourth-order valence-corrected chi connectivity index (χ4v) is 11.5. The number of hydrogen-bond donors (Lipinski definition) is 4. The Kier molecular flexibility index (Phi) is 75.3. The van der Waals surface area contributed by atoms with E-state index < -0.39 is 91.5 Å². The number of carbonyl (C=O) groups is 3.